The molecule has 3 rings (SSSR count). The van der Waals surface area contributed by atoms with Crippen LogP contribution < -0.4 is 5.32 Å². The van der Waals surface area contributed by atoms with E-state index in [1.54, 1.807) is 4.68 Å². The SMILES string of the molecule is CNCc1cn(Cc2nc(-c3cccc(Br)c3)no2)nn1. The van der Waals surface area contributed by atoms with Gasteiger partial charge in [0.25, 0.3) is 0 Å². The van der Waals surface area contributed by atoms with Gasteiger partial charge < -0.3 is 9.84 Å². The average molecular weight is 349 g/mol. The summed E-state index contributed by atoms with van der Waals surface area (Å²) < 4.78 is 7.89. The standard InChI is InChI=1S/C13H13BrN6O/c1-15-6-11-7-20(19-17-11)8-12-16-13(18-21-12)9-3-2-4-10(14)5-9/h2-5,7,15H,6,8H2,1H3. The van der Waals surface area contributed by atoms with Crippen molar-refractivity contribution in [2.45, 2.75) is 13.1 Å². The molecule has 21 heavy (non-hydrogen) atoms. The fraction of sp³-hybridized carbons (Fsp3) is 0.231. The predicted molar refractivity (Wildman–Crippen MR) is 79.3 cm³/mol. The third-order valence-corrected chi connectivity index (χ3v) is 3.29. The lowest BCUT2D eigenvalue weighted by Gasteiger charge is -1.94. The Labute approximate surface area is 129 Å². The molecule has 8 heteroatoms. The van der Waals surface area contributed by atoms with Gasteiger partial charge in [-0.15, -0.1) is 5.10 Å². The molecule has 0 bridgehead atoms. The summed E-state index contributed by atoms with van der Waals surface area (Å²) in [5.74, 6) is 1.05. The summed E-state index contributed by atoms with van der Waals surface area (Å²) >= 11 is 3.42. The summed E-state index contributed by atoms with van der Waals surface area (Å²) in [7, 11) is 1.86. The quantitative estimate of drug-likeness (QED) is 0.757. The van der Waals surface area contributed by atoms with Gasteiger partial charge in [0.1, 0.15) is 6.54 Å². The van der Waals surface area contributed by atoms with E-state index in [4.69, 9.17) is 4.52 Å². The molecule has 2 aromatic heterocycles. The number of halogens is 1. The lowest BCUT2D eigenvalue weighted by molar-refractivity contribution is 0.364. The summed E-state index contributed by atoms with van der Waals surface area (Å²) in [4.78, 5) is 4.37. The van der Waals surface area contributed by atoms with E-state index < -0.39 is 0 Å². The first-order chi connectivity index (χ1) is 10.2. The molecule has 0 fully saturated rings. The van der Waals surface area contributed by atoms with E-state index in [1.165, 1.54) is 0 Å². The lowest BCUT2D eigenvalue weighted by Crippen LogP contribution is -2.05. The van der Waals surface area contributed by atoms with E-state index in [-0.39, 0.29) is 0 Å². The molecule has 3 aromatic rings. The number of aromatic nitrogens is 5. The zero-order valence-electron chi connectivity index (χ0n) is 11.3. The van der Waals surface area contributed by atoms with E-state index in [2.05, 4.69) is 41.7 Å². The molecule has 7 nitrogen and oxygen atoms in total. The van der Waals surface area contributed by atoms with Crippen LogP contribution in [0.3, 0.4) is 0 Å². The molecule has 108 valence electrons. The molecule has 0 aliphatic carbocycles. The van der Waals surface area contributed by atoms with Crippen LogP contribution in [0.2, 0.25) is 0 Å². The molecule has 2 heterocycles. The Kier molecular flexibility index (Phi) is 4.07. The first-order valence-corrected chi connectivity index (χ1v) is 7.16. The predicted octanol–water partition coefficient (Wildman–Crippen LogP) is 1.86. The van der Waals surface area contributed by atoms with Crippen molar-refractivity contribution in [2.24, 2.45) is 0 Å². The number of benzene rings is 1. The van der Waals surface area contributed by atoms with E-state index >= 15 is 0 Å². The maximum atomic E-state index is 5.25. The molecule has 0 saturated heterocycles. The lowest BCUT2D eigenvalue weighted by atomic mass is 10.2. The summed E-state index contributed by atoms with van der Waals surface area (Å²) in [6.45, 7) is 1.07. The third kappa shape index (κ3) is 3.34. The molecule has 0 radical (unpaired) electrons. The molecular weight excluding hydrogens is 336 g/mol. The smallest absolute Gasteiger partial charge is 0.248 e. The van der Waals surface area contributed by atoms with Crippen molar-refractivity contribution in [1.82, 2.24) is 30.5 Å². The van der Waals surface area contributed by atoms with Crippen LogP contribution in [0.1, 0.15) is 11.6 Å². The Hall–Kier alpha value is -2.06. The van der Waals surface area contributed by atoms with Gasteiger partial charge in [-0.1, -0.05) is 38.4 Å². The summed E-state index contributed by atoms with van der Waals surface area (Å²) in [6, 6.07) is 7.75. The highest BCUT2D eigenvalue weighted by Gasteiger charge is 2.10. The molecule has 0 atom stereocenters. The minimum Gasteiger partial charge on any atom is -0.337 e. The van der Waals surface area contributed by atoms with Crippen LogP contribution in [0, 0.1) is 0 Å². The zero-order valence-corrected chi connectivity index (χ0v) is 12.9. The second kappa shape index (κ2) is 6.15. The van der Waals surface area contributed by atoms with Crippen LogP contribution in [0.15, 0.2) is 39.5 Å². The van der Waals surface area contributed by atoms with Gasteiger partial charge in [-0.25, -0.2) is 4.68 Å². The molecule has 0 spiro atoms. The van der Waals surface area contributed by atoms with Crippen molar-refractivity contribution in [2.75, 3.05) is 7.05 Å². The Balaban J connectivity index is 1.75. The van der Waals surface area contributed by atoms with E-state index in [1.807, 2.05) is 37.5 Å². The number of hydrogen-bond acceptors (Lipinski definition) is 6. The second-order valence-electron chi connectivity index (χ2n) is 4.46. The van der Waals surface area contributed by atoms with Crippen molar-refractivity contribution in [1.29, 1.82) is 0 Å². The van der Waals surface area contributed by atoms with Gasteiger partial charge in [-0.3, -0.25) is 0 Å². The van der Waals surface area contributed by atoms with E-state index in [9.17, 15) is 0 Å². The zero-order chi connectivity index (χ0) is 14.7. The maximum Gasteiger partial charge on any atom is 0.248 e. The maximum absolute atomic E-state index is 5.25. The number of hydrogen-bond donors (Lipinski definition) is 1. The summed E-state index contributed by atoms with van der Waals surface area (Å²) in [5, 5.41) is 15.1. The summed E-state index contributed by atoms with van der Waals surface area (Å²) in [6.07, 6.45) is 1.85. The van der Waals surface area contributed by atoms with Crippen LogP contribution in [0.4, 0.5) is 0 Å². The molecule has 0 unspecified atom stereocenters. The van der Waals surface area contributed by atoms with E-state index in [0.29, 0.717) is 24.8 Å². The second-order valence-corrected chi connectivity index (χ2v) is 5.38. The molecule has 1 aromatic carbocycles. The Morgan fingerprint density at radius 1 is 1.38 bits per heavy atom. The fourth-order valence-electron chi connectivity index (χ4n) is 1.88. The highest BCUT2D eigenvalue weighted by molar-refractivity contribution is 9.10. The molecule has 0 saturated carbocycles. The van der Waals surface area contributed by atoms with Crippen molar-refractivity contribution in [3.8, 4) is 11.4 Å². The van der Waals surface area contributed by atoms with Gasteiger partial charge in [0.2, 0.25) is 11.7 Å². The van der Waals surface area contributed by atoms with Crippen LogP contribution in [-0.4, -0.2) is 32.2 Å². The highest BCUT2D eigenvalue weighted by atomic mass is 79.9. The fourth-order valence-corrected chi connectivity index (χ4v) is 2.28. The van der Waals surface area contributed by atoms with E-state index in [0.717, 1.165) is 15.7 Å². The normalized spacial score (nSPS) is 11.0. The Morgan fingerprint density at radius 2 is 2.29 bits per heavy atom. The molecule has 1 N–H and O–H groups in total. The Morgan fingerprint density at radius 3 is 3.10 bits per heavy atom. The summed E-state index contributed by atoms with van der Waals surface area (Å²) in [5.41, 5.74) is 1.76. The van der Waals surface area contributed by atoms with Gasteiger partial charge >= 0.3 is 0 Å². The van der Waals surface area contributed by atoms with Gasteiger partial charge in [0.05, 0.1) is 11.9 Å². The third-order valence-electron chi connectivity index (χ3n) is 2.79. The first-order valence-electron chi connectivity index (χ1n) is 6.37. The van der Waals surface area contributed by atoms with Crippen molar-refractivity contribution >= 4 is 15.9 Å². The monoisotopic (exact) mass is 348 g/mol. The van der Waals surface area contributed by atoms with Crippen molar-refractivity contribution in [3.63, 3.8) is 0 Å². The van der Waals surface area contributed by atoms with Gasteiger partial charge in [-0.05, 0) is 19.2 Å². The van der Waals surface area contributed by atoms with Gasteiger partial charge in [0, 0.05) is 16.6 Å². The molecule has 0 aliphatic heterocycles. The minimum absolute atomic E-state index is 0.401. The van der Waals surface area contributed by atoms with Gasteiger partial charge in [0.15, 0.2) is 0 Å². The Bertz CT molecular complexity index is 738. The van der Waals surface area contributed by atoms with Crippen molar-refractivity contribution in [3.05, 3.63) is 46.5 Å². The van der Waals surface area contributed by atoms with Crippen LogP contribution >= 0.6 is 15.9 Å². The van der Waals surface area contributed by atoms with Crippen LogP contribution in [0.25, 0.3) is 11.4 Å². The number of rotatable bonds is 5. The molecule has 0 amide bonds. The molecular formula is C13H13BrN6O. The van der Waals surface area contributed by atoms with Gasteiger partial charge in [-0.2, -0.15) is 4.98 Å². The molecule has 0 aliphatic rings. The highest BCUT2D eigenvalue weighted by Crippen LogP contribution is 2.20. The van der Waals surface area contributed by atoms with Crippen molar-refractivity contribution < 1.29 is 4.52 Å². The van der Waals surface area contributed by atoms with Crippen LogP contribution in [-0.2, 0) is 13.1 Å². The van der Waals surface area contributed by atoms with Crippen LogP contribution in [0.5, 0.6) is 0 Å². The number of nitrogens with one attached hydrogen (secondary N) is 1. The number of nitrogens with zero attached hydrogens (tertiary/aromatic N) is 5. The largest absolute Gasteiger partial charge is 0.337 e. The first kappa shape index (κ1) is 13.9. The average Bonchev–Trinajstić information content (AvgIpc) is 3.10. The minimum atomic E-state index is 0.401. The topological polar surface area (TPSA) is 81.7 Å².